The minimum atomic E-state index is 0.00743. The van der Waals surface area contributed by atoms with E-state index in [-0.39, 0.29) is 5.56 Å². The molecule has 2 aliphatic rings. The van der Waals surface area contributed by atoms with Crippen LogP contribution in [0.4, 0.5) is 0 Å². The zero-order valence-corrected chi connectivity index (χ0v) is 13.7. The Labute approximate surface area is 143 Å². The summed E-state index contributed by atoms with van der Waals surface area (Å²) in [4.78, 5) is 22.3. The maximum atomic E-state index is 12.4. The lowest BCUT2D eigenvalue weighted by molar-refractivity contribution is 0.234. The van der Waals surface area contributed by atoms with Gasteiger partial charge in [0.1, 0.15) is 5.82 Å². The number of nitrogens with zero attached hydrogens (tertiary/aromatic N) is 3. The lowest BCUT2D eigenvalue weighted by atomic mass is 10.1. The Kier molecular flexibility index (Phi) is 3.34. The molecule has 0 aromatic carbocycles. The molecule has 25 heavy (non-hydrogen) atoms. The number of hydrogen-bond acceptors (Lipinski definition) is 6. The van der Waals surface area contributed by atoms with Crippen LogP contribution in [-0.2, 0) is 19.5 Å². The van der Waals surface area contributed by atoms with Crippen LogP contribution in [0.2, 0.25) is 0 Å². The fourth-order valence-corrected chi connectivity index (χ4v) is 3.34. The molecular weight excluding hydrogens is 320 g/mol. The summed E-state index contributed by atoms with van der Waals surface area (Å²) in [5.74, 6) is 2.62. The van der Waals surface area contributed by atoms with E-state index in [0.717, 1.165) is 48.6 Å². The summed E-state index contributed by atoms with van der Waals surface area (Å²) < 4.78 is 10.7. The van der Waals surface area contributed by atoms with Crippen molar-refractivity contribution in [1.29, 1.82) is 0 Å². The Morgan fingerprint density at radius 2 is 2.24 bits per heavy atom. The number of furan rings is 1. The average Bonchev–Trinajstić information content (AvgIpc) is 3.13. The maximum absolute atomic E-state index is 12.4. The minimum absolute atomic E-state index is 0.00743. The van der Waals surface area contributed by atoms with Gasteiger partial charge in [0, 0.05) is 38.0 Å². The largest absolute Gasteiger partial charge is 0.461 e. The lowest BCUT2D eigenvalue weighted by Gasteiger charge is -2.26. The molecule has 0 atom stereocenters. The Morgan fingerprint density at radius 3 is 3.04 bits per heavy atom. The fraction of sp³-hybridized carbons (Fsp3) is 0.389. The Balaban J connectivity index is 1.33. The summed E-state index contributed by atoms with van der Waals surface area (Å²) in [6.45, 7) is 2.08. The van der Waals surface area contributed by atoms with Gasteiger partial charge in [-0.1, -0.05) is 5.16 Å². The maximum Gasteiger partial charge on any atom is 0.255 e. The highest BCUT2D eigenvalue weighted by Crippen LogP contribution is 2.37. The van der Waals surface area contributed by atoms with Gasteiger partial charge in [0.2, 0.25) is 5.76 Å². The third kappa shape index (κ3) is 2.80. The molecule has 128 valence electrons. The van der Waals surface area contributed by atoms with Gasteiger partial charge in [-0.3, -0.25) is 9.69 Å². The van der Waals surface area contributed by atoms with Gasteiger partial charge in [-0.25, -0.2) is 4.98 Å². The topological polar surface area (TPSA) is 88.2 Å². The average molecular weight is 338 g/mol. The number of rotatable bonds is 4. The summed E-state index contributed by atoms with van der Waals surface area (Å²) in [6, 6.07) is 5.53. The van der Waals surface area contributed by atoms with Crippen molar-refractivity contribution in [3.63, 3.8) is 0 Å². The van der Waals surface area contributed by atoms with Crippen molar-refractivity contribution < 1.29 is 8.94 Å². The van der Waals surface area contributed by atoms with Gasteiger partial charge in [0.15, 0.2) is 5.76 Å². The quantitative estimate of drug-likeness (QED) is 0.786. The molecular formula is C18H18N4O3. The third-order valence-corrected chi connectivity index (χ3v) is 4.84. The van der Waals surface area contributed by atoms with E-state index >= 15 is 0 Å². The highest BCUT2D eigenvalue weighted by molar-refractivity contribution is 5.49. The van der Waals surface area contributed by atoms with Crippen molar-refractivity contribution in [2.45, 2.75) is 38.3 Å². The highest BCUT2D eigenvalue weighted by Gasteiger charge is 2.29. The summed E-state index contributed by atoms with van der Waals surface area (Å²) >= 11 is 0. The van der Waals surface area contributed by atoms with Crippen molar-refractivity contribution in [2.24, 2.45) is 0 Å². The summed E-state index contributed by atoms with van der Waals surface area (Å²) in [6.07, 6.45) is 4.67. The molecule has 7 nitrogen and oxygen atoms in total. The summed E-state index contributed by atoms with van der Waals surface area (Å²) in [5.41, 5.74) is 2.57. The van der Waals surface area contributed by atoms with E-state index in [0.29, 0.717) is 30.5 Å². The predicted molar refractivity (Wildman–Crippen MR) is 88.9 cm³/mol. The molecule has 1 N–H and O–H groups in total. The van der Waals surface area contributed by atoms with E-state index in [1.165, 1.54) is 0 Å². The van der Waals surface area contributed by atoms with Crippen LogP contribution in [0.15, 0.2) is 38.2 Å². The SMILES string of the molecule is O=c1[nH]c(C2CC2)nc2c1CN(Cc1cc(-c3ccco3)on1)CC2. The standard InChI is InChI=1S/C18H18N4O3/c23-18-13-10-22(6-5-14(13)19-17(20-18)11-3-4-11)9-12-8-16(25-21-12)15-2-1-7-24-15/h1-2,7-8,11H,3-6,9-10H2,(H,19,20,23). The molecule has 1 fully saturated rings. The minimum Gasteiger partial charge on any atom is -0.461 e. The van der Waals surface area contributed by atoms with E-state index in [4.69, 9.17) is 8.94 Å². The molecule has 1 aliphatic carbocycles. The molecule has 0 amide bonds. The lowest BCUT2D eigenvalue weighted by Crippen LogP contribution is -2.35. The predicted octanol–water partition coefficient (Wildman–Crippen LogP) is 2.45. The molecule has 0 spiro atoms. The van der Waals surface area contributed by atoms with Crippen LogP contribution in [0, 0.1) is 0 Å². The van der Waals surface area contributed by atoms with Crippen molar-refractivity contribution in [2.75, 3.05) is 6.54 Å². The first kappa shape index (κ1) is 14.7. The third-order valence-electron chi connectivity index (χ3n) is 4.84. The van der Waals surface area contributed by atoms with Crippen LogP contribution in [0.1, 0.15) is 41.5 Å². The molecule has 3 aromatic heterocycles. The van der Waals surface area contributed by atoms with Crippen molar-refractivity contribution in [3.8, 4) is 11.5 Å². The van der Waals surface area contributed by atoms with E-state index in [1.54, 1.807) is 6.26 Å². The molecule has 0 saturated heterocycles. The molecule has 0 bridgehead atoms. The van der Waals surface area contributed by atoms with E-state index in [2.05, 4.69) is 20.0 Å². The molecule has 1 saturated carbocycles. The molecule has 0 unspecified atom stereocenters. The number of aromatic nitrogens is 3. The van der Waals surface area contributed by atoms with Crippen LogP contribution in [0.25, 0.3) is 11.5 Å². The highest BCUT2D eigenvalue weighted by atomic mass is 16.5. The van der Waals surface area contributed by atoms with Gasteiger partial charge in [0.25, 0.3) is 5.56 Å². The Hall–Kier alpha value is -2.67. The van der Waals surface area contributed by atoms with Gasteiger partial charge < -0.3 is 13.9 Å². The second-order valence-corrected chi connectivity index (χ2v) is 6.77. The van der Waals surface area contributed by atoms with Crippen LogP contribution in [-0.4, -0.2) is 26.6 Å². The Morgan fingerprint density at radius 1 is 1.32 bits per heavy atom. The van der Waals surface area contributed by atoms with Crippen LogP contribution < -0.4 is 5.56 Å². The second kappa shape index (κ2) is 5.70. The van der Waals surface area contributed by atoms with Gasteiger partial charge in [0.05, 0.1) is 23.2 Å². The molecule has 5 rings (SSSR count). The monoisotopic (exact) mass is 338 g/mol. The van der Waals surface area contributed by atoms with E-state index in [1.807, 2.05) is 18.2 Å². The number of fused-ring (bicyclic) bond motifs is 1. The smallest absolute Gasteiger partial charge is 0.255 e. The Bertz CT molecular complexity index is 953. The van der Waals surface area contributed by atoms with Crippen molar-refractivity contribution in [3.05, 3.63) is 57.6 Å². The molecule has 0 radical (unpaired) electrons. The fourth-order valence-electron chi connectivity index (χ4n) is 3.34. The van der Waals surface area contributed by atoms with Crippen molar-refractivity contribution in [1.82, 2.24) is 20.0 Å². The number of H-pyrrole nitrogens is 1. The molecule has 1 aliphatic heterocycles. The second-order valence-electron chi connectivity index (χ2n) is 6.77. The normalized spacial score (nSPS) is 17.6. The number of hydrogen-bond donors (Lipinski definition) is 1. The first-order valence-electron chi connectivity index (χ1n) is 8.60. The van der Waals surface area contributed by atoms with Crippen molar-refractivity contribution >= 4 is 0 Å². The number of nitrogens with one attached hydrogen (secondary N) is 1. The zero-order valence-electron chi connectivity index (χ0n) is 13.7. The van der Waals surface area contributed by atoms with Crippen LogP contribution in [0.3, 0.4) is 0 Å². The summed E-state index contributed by atoms with van der Waals surface area (Å²) in [5, 5.41) is 4.11. The molecule has 3 aromatic rings. The van der Waals surface area contributed by atoms with Gasteiger partial charge >= 0.3 is 0 Å². The first-order valence-corrected chi connectivity index (χ1v) is 8.60. The van der Waals surface area contributed by atoms with E-state index in [9.17, 15) is 4.79 Å². The summed E-state index contributed by atoms with van der Waals surface area (Å²) in [7, 11) is 0. The van der Waals surface area contributed by atoms with E-state index < -0.39 is 0 Å². The number of aromatic amines is 1. The van der Waals surface area contributed by atoms with Crippen LogP contribution in [0.5, 0.6) is 0 Å². The van der Waals surface area contributed by atoms with Gasteiger partial charge in [-0.2, -0.15) is 0 Å². The first-order chi connectivity index (χ1) is 12.3. The van der Waals surface area contributed by atoms with Gasteiger partial charge in [-0.15, -0.1) is 0 Å². The van der Waals surface area contributed by atoms with Crippen LogP contribution >= 0.6 is 0 Å². The molecule has 4 heterocycles. The molecule has 7 heteroatoms. The van der Waals surface area contributed by atoms with Gasteiger partial charge in [-0.05, 0) is 25.0 Å². The zero-order chi connectivity index (χ0) is 16.8.